The molecule has 1 aromatic carbocycles. The molecule has 1 amide bonds. The molecule has 1 aromatic heterocycles. The first kappa shape index (κ1) is 28.1. The molecular formula is C30H45N5O3. The summed E-state index contributed by atoms with van der Waals surface area (Å²) < 4.78 is 7.34. The van der Waals surface area contributed by atoms with Gasteiger partial charge in [-0.1, -0.05) is 18.6 Å². The van der Waals surface area contributed by atoms with Crippen molar-refractivity contribution in [3.8, 4) is 0 Å². The van der Waals surface area contributed by atoms with E-state index in [-0.39, 0.29) is 17.8 Å². The number of likely N-dealkylation sites (tertiary alicyclic amines) is 2. The van der Waals surface area contributed by atoms with Gasteiger partial charge in [-0.15, -0.1) is 0 Å². The summed E-state index contributed by atoms with van der Waals surface area (Å²) in [4.78, 5) is 29.8. The fourth-order valence-corrected chi connectivity index (χ4v) is 6.36. The Morgan fingerprint density at radius 1 is 1.08 bits per heavy atom. The van der Waals surface area contributed by atoms with Gasteiger partial charge in [0.2, 0.25) is 5.91 Å². The van der Waals surface area contributed by atoms with Crippen molar-refractivity contribution in [2.45, 2.75) is 96.7 Å². The second-order valence-electron chi connectivity index (χ2n) is 10.7. The van der Waals surface area contributed by atoms with E-state index in [2.05, 4.69) is 33.4 Å². The largest absolute Gasteiger partial charge is 0.466 e. The van der Waals surface area contributed by atoms with Gasteiger partial charge >= 0.3 is 5.97 Å². The van der Waals surface area contributed by atoms with Crippen LogP contribution in [-0.2, 0) is 27.3 Å². The first-order valence-corrected chi connectivity index (χ1v) is 14.6. The van der Waals surface area contributed by atoms with Crippen molar-refractivity contribution < 1.29 is 14.3 Å². The number of ether oxygens (including phenoxy) is 1. The molecule has 0 spiro atoms. The number of hydrogen-bond donors (Lipinski definition) is 2. The molecule has 3 N–H and O–H groups in total. The average molecular weight is 524 g/mol. The van der Waals surface area contributed by atoms with Crippen LogP contribution < -0.4 is 5.73 Å². The minimum absolute atomic E-state index is 0.00718. The monoisotopic (exact) mass is 523 g/mol. The van der Waals surface area contributed by atoms with Crippen molar-refractivity contribution in [3.05, 3.63) is 35.5 Å². The number of esters is 1. The topological polar surface area (TPSA) is 105 Å². The predicted molar refractivity (Wildman–Crippen MR) is 151 cm³/mol. The molecule has 0 bridgehead atoms. The number of rotatable bonds is 13. The van der Waals surface area contributed by atoms with Crippen LogP contribution in [-0.4, -0.2) is 70.4 Å². The molecule has 2 saturated heterocycles. The van der Waals surface area contributed by atoms with E-state index >= 15 is 0 Å². The van der Waals surface area contributed by atoms with Gasteiger partial charge in [-0.05, 0) is 95.8 Å². The molecule has 0 unspecified atom stereocenters. The van der Waals surface area contributed by atoms with Gasteiger partial charge in [0.1, 0.15) is 5.84 Å². The Balaban J connectivity index is 1.32. The number of aromatic nitrogens is 1. The maximum atomic E-state index is 13.7. The number of carbonyl (C=O) groups excluding carboxylic acids is 2. The lowest BCUT2D eigenvalue weighted by atomic mass is 10.1. The smallest absolute Gasteiger partial charge is 0.305 e. The van der Waals surface area contributed by atoms with Crippen LogP contribution in [0, 0.1) is 5.41 Å². The molecule has 3 heterocycles. The summed E-state index contributed by atoms with van der Waals surface area (Å²) in [7, 11) is 0. The number of nitrogens with two attached hydrogens (primary N) is 1. The van der Waals surface area contributed by atoms with Gasteiger partial charge in [0, 0.05) is 42.3 Å². The number of hydrogen-bond acceptors (Lipinski definition) is 5. The molecule has 2 aliphatic heterocycles. The number of benzene rings is 1. The maximum Gasteiger partial charge on any atom is 0.305 e. The number of nitrogens with one attached hydrogen (secondary N) is 1. The van der Waals surface area contributed by atoms with E-state index < -0.39 is 0 Å². The minimum Gasteiger partial charge on any atom is -0.466 e. The number of carbonyl (C=O) groups is 2. The summed E-state index contributed by atoms with van der Waals surface area (Å²) in [5.41, 5.74) is 8.89. The molecule has 38 heavy (non-hydrogen) atoms. The SMILES string of the molecule is CCOC(=O)CCCCCN1CCC[C@@H]1C(=O)N1CCC[C@H]1CCc1cc2ccc(C(=N)N)cc2n1CC. The summed E-state index contributed by atoms with van der Waals surface area (Å²) in [6, 6.07) is 8.54. The summed E-state index contributed by atoms with van der Waals surface area (Å²) in [5.74, 6) is 0.302. The van der Waals surface area contributed by atoms with Crippen LogP contribution >= 0.6 is 0 Å². The van der Waals surface area contributed by atoms with E-state index in [1.165, 1.54) is 11.1 Å². The standard InChI is InChI=1S/C30H45N5O3/c1-3-34-25(20-22-13-14-23(29(31)32)21-27(22)34)16-15-24-10-8-19-35(24)30(37)26-11-9-18-33(26)17-7-5-6-12-28(36)38-4-2/h13-14,20-21,24,26H,3-12,15-19H2,1-2H3,(H3,31,32)/t24-,26+/m0/s1. The summed E-state index contributed by atoms with van der Waals surface area (Å²) in [6.45, 7) is 8.08. The second-order valence-corrected chi connectivity index (χ2v) is 10.7. The highest BCUT2D eigenvalue weighted by molar-refractivity contribution is 5.98. The highest BCUT2D eigenvalue weighted by Gasteiger charge is 2.37. The molecule has 8 nitrogen and oxygen atoms in total. The molecule has 2 atom stereocenters. The van der Waals surface area contributed by atoms with Crippen LogP contribution in [0.4, 0.5) is 0 Å². The lowest BCUT2D eigenvalue weighted by Gasteiger charge is -2.31. The number of nitrogens with zero attached hydrogens (tertiary/aromatic N) is 3. The first-order valence-electron chi connectivity index (χ1n) is 14.6. The van der Waals surface area contributed by atoms with Crippen LogP contribution in [0.2, 0.25) is 0 Å². The second kappa shape index (κ2) is 13.3. The van der Waals surface area contributed by atoms with E-state index in [1.54, 1.807) is 0 Å². The quantitative estimate of drug-likeness (QED) is 0.175. The number of amides is 1. The van der Waals surface area contributed by atoms with Gasteiger partial charge in [-0.25, -0.2) is 0 Å². The van der Waals surface area contributed by atoms with Crippen molar-refractivity contribution >= 4 is 28.6 Å². The Kier molecular flexibility index (Phi) is 9.83. The number of unbranched alkanes of at least 4 members (excludes halogenated alkanes) is 2. The van der Waals surface area contributed by atoms with Gasteiger partial charge in [-0.2, -0.15) is 0 Å². The highest BCUT2D eigenvalue weighted by Crippen LogP contribution is 2.29. The fourth-order valence-electron chi connectivity index (χ4n) is 6.36. The predicted octanol–water partition coefficient (Wildman–Crippen LogP) is 4.46. The summed E-state index contributed by atoms with van der Waals surface area (Å²) in [5, 5.41) is 8.96. The van der Waals surface area contributed by atoms with Crippen LogP contribution in [0.5, 0.6) is 0 Å². The molecule has 0 saturated carbocycles. The lowest BCUT2D eigenvalue weighted by Crippen LogP contribution is -2.47. The van der Waals surface area contributed by atoms with Crippen LogP contribution in [0.25, 0.3) is 10.9 Å². The van der Waals surface area contributed by atoms with Crippen LogP contribution in [0.1, 0.15) is 82.9 Å². The zero-order valence-corrected chi connectivity index (χ0v) is 23.2. The number of amidine groups is 1. The minimum atomic E-state index is -0.109. The number of fused-ring (bicyclic) bond motifs is 1. The number of aryl methyl sites for hydroxylation is 2. The Hall–Kier alpha value is -2.87. The van der Waals surface area contributed by atoms with Gasteiger partial charge < -0.3 is 19.9 Å². The van der Waals surface area contributed by atoms with E-state index in [1.807, 2.05) is 19.1 Å². The Morgan fingerprint density at radius 2 is 1.89 bits per heavy atom. The molecule has 208 valence electrons. The van der Waals surface area contributed by atoms with Crippen molar-refractivity contribution in [2.24, 2.45) is 5.73 Å². The third-order valence-corrected chi connectivity index (χ3v) is 8.29. The molecule has 2 aromatic rings. The van der Waals surface area contributed by atoms with E-state index in [0.29, 0.717) is 25.0 Å². The van der Waals surface area contributed by atoms with E-state index in [4.69, 9.17) is 15.9 Å². The van der Waals surface area contributed by atoms with Crippen molar-refractivity contribution in [3.63, 3.8) is 0 Å². The molecular weight excluding hydrogens is 478 g/mol. The van der Waals surface area contributed by atoms with Gasteiger partial charge in [0.25, 0.3) is 0 Å². The molecule has 4 rings (SSSR count). The summed E-state index contributed by atoms with van der Waals surface area (Å²) in [6.07, 6.45) is 9.43. The van der Waals surface area contributed by atoms with Gasteiger partial charge in [0.05, 0.1) is 12.6 Å². The highest BCUT2D eigenvalue weighted by atomic mass is 16.5. The third kappa shape index (κ3) is 6.57. The Morgan fingerprint density at radius 3 is 2.66 bits per heavy atom. The summed E-state index contributed by atoms with van der Waals surface area (Å²) >= 11 is 0. The normalized spacial score (nSPS) is 19.9. The lowest BCUT2D eigenvalue weighted by molar-refractivity contribution is -0.143. The van der Waals surface area contributed by atoms with Gasteiger partial charge in [0.15, 0.2) is 0 Å². The fraction of sp³-hybridized carbons (Fsp3) is 0.633. The molecule has 2 fully saturated rings. The molecule has 0 aliphatic carbocycles. The Bertz CT molecular complexity index is 1130. The molecule has 0 radical (unpaired) electrons. The maximum absolute atomic E-state index is 13.7. The third-order valence-electron chi connectivity index (χ3n) is 8.29. The number of nitrogen functional groups attached to an aromatic ring is 1. The molecule has 8 heteroatoms. The molecule has 2 aliphatic rings. The first-order chi connectivity index (χ1) is 18.4. The average Bonchev–Trinajstić information content (AvgIpc) is 3.64. The van der Waals surface area contributed by atoms with Crippen molar-refractivity contribution in [1.82, 2.24) is 14.4 Å². The van der Waals surface area contributed by atoms with Crippen molar-refractivity contribution in [1.29, 1.82) is 5.41 Å². The van der Waals surface area contributed by atoms with E-state index in [9.17, 15) is 9.59 Å². The Labute approximate surface area is 227 Å². The van der Waals surface area contributed by atoms with Gasteiger partial charge in [-0.3, -0.25) is 19.9 Å². The zero-order valence-electron chi connectivity index (χ0n) is 23.2. The van der Waals surface area contributed by atoms with Crippen LogP contribution in [0.3, 0.4) is 0 Å². The zero-order chi connectivity index (χ0) is 27.1. The van der Waals surface area contributed by atoms with Crippen molar-refractivity contribution in [2.75, 3.05) is 26.2 Å². The van der Waals surface area contributed by atoms with E-state index in [0.717, 1.165) is 95.0 Å². The van der Waals surface area contributed by atoms with Crippen LogP contribution in [0.15, 0.2) is 24.3 Å².